The second-order valence-electron chi connectivity index (χ2n) is 6.73. The summed E-state index contributed by atoms with van der Waals surface area (Å²) < 4.78 is 5.26. The fourth-order valence-corrected chi connectivity index (χ4v) is 3.79. The molecule has 1 saturated heterocycles. The van der Waals surface area contributed by atoms with Gasteiger partial charge in [-0.2, -0.15) is 0 Å². The number of fused-ring (bicyclic) bond motifs is 1. The molecule has 1 heterocycles. The summed E-state index contributed by atoms with van der Waals surface area (Å²) in [5.41, 5.74) is 2.55. The van der Waals surface area contributed by atoms with Crippen molar-refractivity contribution >= 4 is 5.91 Å². The summed E-state index contributed by atoms with van der Waals surface area (Å²) in [5, 5.41) is 9.94. The standard InChI is InChI=1S/C19H28N2O3/c1-2-24-14-16(22)13-20-9-11-21(12-10-20)19(23)18-8-7-15-5-3-4-6-17(15)18/h3-6,16,18,22H,2,7-14H2,1H3/t16-,18+/m1/s1. The highest BCUT2D eigenvalue weighted by Crippen LogP contribution is 2.34. The molecule has 5 nitrogen and oxygen atoms in total. The number of hydrogen-bond acceptors (Lipinski definition) is 4. The minimum atomic E-state index is -0.450. The van der Waals surface area contributed by atoms with Crippen LogP contribution in [-0.2, 0) is 16.0 Å². The second kappa shape index (κ2) is 8.10. The summed E-state index contributed by atoms with van der Waals surface area (Å²) in [5.74, 6) is 0.311. The summed E-state index contributed by atoms with van der Waals surface area (Å²) in [6, 6.07) is 8.33. The SMILES string of the molecule is CCOC[C@H](O)CN1CCN(C(=O)[C@H]2CCc3ccccc32)CC1. The zero-order valence-corrected chi connectivity index (χ0v) is 14.5. The lowest BCUT2D eigenvalue weighted by Gasteiger charge is -2.36. The molecule has 5 heteroatoms. The van der Waals surface area contributed by atoms with Crippen molar-refractivity contribution in [1.82, 2.24) is 9.80 Å². The van der Waals surface area contributed by atoms with Crippen LogP contribution in [0.15, 0.2) is 24.3 Å². The molecule has 1 aliphatic heterocycles. The monoisotopic (exact) mass is 332 g/mol. The van der Waals surface area contributed by atoms with Crippen LogP contribution >= 0.6 is 0 Å². The van der Waals surface area contributed by atoms with E-state index in [2.05, 4.69) is 23.1 Å². The van der Waals surface area contributed by atoms with Crippen LogP contribution in [0.25, 0.3) is 0 Å². The molecule has 0 aromatic heterocycles. The van der Waals surface area contributed by atoms with Crippen LogP contribution in [0.5, 0.6) is 0 Å². The first-order chi connectivity index (χ1) is 11.7. The number of carbonyl (C=O) groups excluding carboxylic acids is 1. The number of aliphatic hydroxyl groups excluding tert-OH is 1. The molecule has 1 aromatic rings. The number of aliphatic hydroxyl groups is 1. The Kier molecular flexibility index (Phi) is 5.87. The summed E-state index contributed by atoms with van der Waals surface area (Å²) in [4.78, 5) is 17.1. The summed E-state index contributed by atoms with van der Waals surface area (Å²) in [7, 11) is 0. The van der Waals surface area contributed by atoms with Gasteiger partial charge in [-0.05, 0) is 30.9 Å². The van der Waals surface area contributed by atoms with Gasteiger partial charge in [0.2, 0.25) is 5.91 Å². The largest absolute Gasteiger partial charge is 0.389 e. The van der Waals surface area contributed by atoms with Gasteiger partial charge in [0.05, 0.1) is 18.6 Å². The first-order valence-electron chi connectivity index (χ1n) is 9.03. The molecular formula is C19H28N2O3. The van der Waals surface area contributed by atoms with E-state index in [4.69, 9.17) is 4.74 Å². The maximum absolute atomic E-state index is 12.9. The van der Waals surface area contributed by atoms with E-state index in [1.165, 1.54) is 11.1 Å². The van der Waals surface area contributed by atoms with Crippen LogP contribution in [0.3, 0.4) is 0 Å². The number of aryl methyl sites for hydroxylation is 1. The van der Waals surface area contributed by atoms with Crippen LogP contribution in [0.2, 0.25) is 0 Å². The lowest BCUT2D eigenvalue weighted by atomic mass is 9.99. The third kappa shape index (κ3) is 3.97. The van der Waals surface area contributed by atoms with Crippen LogP contribution in [-0.4, -0.2) is 72.9 Å². The number of hydrogen-bond donors (Lipinski definition) is 1. The zero-order valence-electron chi connectivity index (χ0n) is 14.5. The smallest absolute Gasteiger partial charge is 0.230 e. The van der Waals surface area contributed by atoms with Crippen LogP contribution < -0.4 is 0 Å². The molecule has 1 aromatic carbocycles. The average molecular weight is 332 g/mol. The van der Waals surface area contributed by atoms with Crippen molar-refractivity contribution in [3.05, 3.63) is 35.4 Å². The topological polar surface area (TPSA) is 53.0 Å². The van der Waals surface area contributed by atoms with Gasteiger partial charge in [0.1, 0.15) is 0 Å². The fourth-order valence-electron chi connectivity index (χ4n) is 3.79. The number of ether oxygens (including phenoxy) is 1. The highest BCUT2D eigenvalue weighted by atomic mass is 16.5. The van der Waals surface area contributed by atoms with E-state index in [-0.39, 0.29) is 11.8 Å². The lowest BCUT2D eigenvalue weighted by Crippen LogP contribution is -2.51. The van der Waals surface area contributed by atoms with Crippen molar-refractivity contribution in [3.8, 4) is 0 Å². The van der Waals surface area contributed by atoms with Crippen molar-refractivity contribution in [2.45, 2.75) is 31.8 Å². The number of benzene rings is 1. The van der Waals surface area contributed by atoms with E-state index in [1.807, 2.05) is 17.9 Å². The molecule has 0 unspecified atom stereocenters. The molecule has 132 valence electrons. The van der Waals surface area contributed by atoms with E-state index >= 15 is 0 Å². The number of piperazine rings is 1. The van der Waals surface area contributed by atoms with Crippen molar-refractivity contribution in [3.63, 3.8) is 0 Å². The molecular weight excluding hydrogens is 304 g/mol. The highest BCUT2D eigenvalue weighted by molar-refractivity contribution is 5.85. The zero-order chi connectivity index (χ0) is 16.9. The lowest BCUT2D eigenvalue weighted by molar-refractivity contribution is -0.134. The van der Waals surface area contributed by atoms with Gasteiger partial charge in [0.15, 0.2) is 0 Å². The maximum atomic E-state index is 12.9. The van der Waals surface area contributed by atoms with Gasteiger partial charge in [-0.1, -0.05) is 24.3 Å². The number of amides is 1. The van der Waals surface area contributed by atoms with Crippen molar-refractivity contribution in [2.24, 2.45) is 0 Å². The molecule has 2 atom stereocenters. The average Bonchev–Trinajstić information content (AvgIpc) is 3.04. The Bertz CT molecular complexity index is 555. The number of rotatable bonds is 6. The summed E-state index contributed by atoms with van der Waals surface area (Å²) >= 11 is 0. The molecule has 2 aliphatic rings. The first-order valence-corrected chi connectivity index (χ1v) is 9.03. The normalized spacial score (nSPS) is 22.4. The molecule has 0 bridgehead atoms. The Balaban J connectivity index is 1.49. The van der Waals surface area contributed by atoms with Crippen LogP contribution in [0.4, 0.5) is 0 Å². The minimum Gasteiger partial charge on any atom is -0.389 e. The minimum absolute atomic E-state index is 0.0382. The molecule has 1 fully saturated rings. The third-order valence-corrected chi connectivity index (χ3v) is 5.10. The highest BCUT2D eigenvalue weighted by Gasteiger charge is 2.33. The Morgan fingerprint density at radius 2 is 2.04 bits per heavy atom. The predicted molar refractivity (Wildman–Crippen MR) is 93.0 cm³/mol. The van der Waals surface area contributed by atoms with Gasteiger partial charge in [0.25, 0.3) is 0 Å². The van der Waals surface area contributed by atoms with Crippen molar-refractivity contribution < 1.29 is 14.6 Å². The predicted octanol–water partition coefficient (Wildman–Crippen LogP) is 1.26. The summed E-state index contributed by atoms with van der Waals surface area (Å²) in [6.45, 7) is 6.70. The molecule has 1 amide bonds. The van der Waals surface area contributed by atoms with E-state index < -0.39 is 6.10 Å². The Hall–Kier alpha value is -1.43. The maximum Gasteiger partial charge on any atom is 0.230 e. The Labute approximate surface area is 144 Å². The Morgan fingerprint density at radius 1 is 1.29 bits per heavy atom. The number of β-amino-alcohol motifs (C(OH)–C–C–N with tert-alkyl or cyclic N) is 1. The molecule has 0 spiro atoms. The Morgan fingerprint density at radius 3 is 2.79 bits per heavy atom. The quantitative estimate of drug-likeness (QED) is 0.852. The van der Waals surface area contributed by atoms with Gasteiger partial charge in [0, 0.05) is 39.3 Å². The number of nitrogens with zero attached hydrogens (tertiary/aromatic N) is 2. The fraction of sp³-hybridized carbons (Fsp3) is 0.632. The molecule has 1 aliphatic carbocycles. The molecule has 24 heavy (non-hydrogen) atoms. The molecule has 1 N–H and O–H groups in total. The van der Waals surface area contributed by atoms with Crippen LogP contribution in [0.1, 0.15) is 30.4 Å². The summed E-state index contributed by atoms with van der Waals surface area (Å²) in [6.07, 6.45) is 1.50. The second-order valence-corrected chi connectivity index (χ2v) is 6.73. The van der Waals surface area contributed by atoms with Gasteiger partial charge in [-0.15, -0.1) is 0 Å². The van der Waals surface area contributed by atoms with Crippen molar-refractivity contribution in [1.29, 1.82) is 0 Å². The van der Waals surface area contributed by atoms with Gasteiger partial charge < -0.3 is 14.7 Å². The van der Waals surface area contributed by atoms with E-state index in [0.717, 1.165) is 39.0 Å². The first kappa shape index (κ1) is 17.4. The van der Waals surface area contributed by atoms with E-state index in [1.54, 1.807) is 0 Å². The van der Waals surface area contributed by atoms with Gasteiger partial charge >= 0.3 is 0 Å². The van der Waals surface area contributed by atoms with E-state index in [9.17, 15) is 9.90 Å². The number of carbonyl (C=O) groups is 1. The van der Waals surface area contributed by atoms with Gasteiger partial charge in [-0.25, -0.2) is 0 Å². The van der Waals surface area contributed by atoms with Gasteiger partial charge in [-0.3, -0.25) is 9.69 Å². The molecule has 0 radical (unpaired) electrons. The van der Waals surface area contributed by atoms with Crippen molar-refractivity contribution in [2.75, 3.05) is 45.9 Å². The third-order valence-electron chi connectivity index (χ3n) is 5.10. The molecule has 3 rings (SSSR count). The van der Waals surface area contributed by atoms with Crippen LogP contribution in [0, 0.1) is 0 Å². The van der Waals surface area contributed by atoms with E-state index in [0.29, 0.717) is 19.8 Å². The molecule has 0 saturated carbocycles.